The molecule has 140 valence electrons. The highest BCUT2D eigenvalue weighted by molar-refractivity contribution is 5.86. The first kappa shape index (κ1) is 19.6. The van der Waals surface area contributed by atoms with Crippen LogP contribution < -0.4 is 10.1 Å². The van der Waals surface area contributed by atoms with Crippen molar-refractivity contribution >= 4 is 11.8 Å². The van der Waals surface area contributed by atoms with Crippen molar-refractivity contribution in [2.45, 2.75) is 51.6 Å². The fraction of sp³-hybridized carbons (Fsp3) is 0.650. The first-order valence-corrected chi connectivity index (χ1v) is 9.44. The van der Waals surface area contributed by atoms with E-state index in [1.807, 2.05) is 24.3 Å². The van der Waals surface area contributed by atoms with E-state index in [2.05, 4.69) is 31.2 Å². The second-order valence-corrected chi connectivity index (χ2v) is 7.07. The van der Waals surface area contributed by atoms with Crippen LogP contribution in [0.3, 0.4) is 0 Å². The first-order chi connectivity index (χ1) is 12.1. The van der Waals surface area contributed by atoms with Crippen LogP contribution >= 0.6 is 0 Å². The Balaban J connectivity index is 1.92. The minimum atomic E-state index is -0.387. The van der Waals surface area contributed by atoms with Crippen molar-refractivity contribution in [3.63, 3.8) is 0 Å². The fourth-order valence-corrected chi connectivity index (χ4v) is 3.31. The van der Waals surface area contributed by atoms with Crippen molar-refractivity contribution in [2.75, 3.05) is 32.6 Å². The highest BCUT2D eigenvalue weighted by Crippen LogP contribution is 2.29. The molecule has 1 aliphatic carbocycles. The number of unbranched alkanes of at least 4 members (excludes halogenated alkanes) is 1. The van der Waals surface area contributed by atoms with Crippen LogP contribution in [-0.2, 0) is 4.74 Å². The quantitative estimate of drug-likeness (QED) is 0.701. The smallest absolute Gasteiger partial charge is 0.412 e. The summed E-state index contributed by atoms with van der Waals surface area (Å²) in [5, 5.41) is 2.86. The maximum absolute atomic E-state index is 12.4. The third-order valence-corrected chi connectivity index (χ3v) is 4.58. The standard InChI is InChI=1S/C20H32N2O3/c1-4-5-14-24-19-13-9-7-11-17(19)21-20(23)25-18-12-8-6-10-16(18)15-22(2)3/h7,9,11,13,16,18H,4-6,8,10,12,14-15H2,1-3H3,(H,21,23)/t16-,18-/m0/s1. The van der Waals surface area contributed by atoms with Gasteiger partial charge in [0.25, 0.3) is 0 Å². The fourth-order valence-electron chi connectivity index (χ4n) is 3.31. The Hall–Kier alpha value is -1.75. The predicted octanol–water partition coefficient (Wildman–Crippen LogP) is 4.53. The maximum atomic E-state index is 12.4. The van der Waals surface area contributed by atoms with Gasteiger partial charge in [-0.3, -0.25) is 5.32 Å². The van der Waals surface area contributed by atoms with Crippen LogP contribution in [-0.4, -0.2) is 44.3 Å². The molecule has 5 heteroatoms. The predicted molar refractivity (Wildman–Crippen MR) is 101 cm³/mol. The molecule has 1 aliphatic rings. The highest BCUT2D eigenvalue weighted by atomic mass is 16.6. The molecule has 5 nitrogen and oxygen atoms in total. The minimum Gasteiger partial charge on any atom is -0.491 e. The topological polar surface area (TPSA) is 50.8 Å². The molecule has 2 atom stereocenters. The SMILES string of the molecule is CCCCOc1ccccc1NC(=O)O[C@H]1CCCC[C@H]1CN(C)C. The number of benzene rings is 1. The van der Waals surface area contributed by atoms with E-state index in [0.717, 1.165) is 38.6 Å². The number of para-hydroxylation sites is 2. The van der Waals surface area contributed by atoms with Gasteiger partial charge in [0.15, 0.2) is 0 Å². The van der Waals surface area contributed by atoms with Crippen LogP contribution in [0.4, 0.5) is 10.5 Å². The van der Waals surface area contributed by atoms with E-state index >= 15 is 0 Å². The molecule has 1 aromatic rings. The molecule has 0 unspecified atom stereocenters. The van der Waals surface area contributed by atoms with Crippen LogP contribution in [0.2, 0.25) is 0 Å². The zero-order chi connectivity index (χ0) is 18.1. The number of carbonyl (C=O) groups excluding carboxylic acids is 1. The van der Waals surface area contributed by atoms with E-state index in [1.54, 1.807) is 0 Å². The lowest BCUT2D eigenvalue weighted by atomic mass is 9.86. The van der Waals surface area contributed by atoms with E-state index in [-0.39, 0.29) is 12.2 Å². The Kier molecular flexibility index (Phi) is 8.06. The van der Waals surface area contributed by atoms with Gasteiger partial charge < -0.3 is 14.4 Å². The molecule has 1 amide bonds. The summed E-state index contributed by atoms with van der Waals surface area (Å²) >= 11 is 0. The number of carbonyl (C=O) groups is 1. The zero-order valence-corrected chi connectivity index (χ0v) is 15.8. The molecule has 0 spiro atoms. The maximum Gasteiger partial charge on any atom is 0.412 e. The van der Waals surface area contributed by atoms with Crippen LogP contribution in [0.25, 0.3) is 0 Å². The Labute approximate surface area is 151 Å². The molecule has 25 heavy (non-hydrogen) atoms. The van der Waals surface area contributed by atoms with E-state index in [9.17, 15) is 4.79 Å². The molecule has 2 rings (SSSR count). The van der Waals surface area contributed by atoms with E-state index < -0.39 is 0 Å². The van der Waals surface area contributed by atoms with Crippen molar-refractivity contribution in [1.29, 1.82) is 0 Å². The van der Waals surface area contributed by atoms with Crippen molar-refractivity contribution in [3.05, 3.63) is 24.3 Å². The minimum absolute atomic E-state index is 0.00989. The van der Waals surface area contributed by atoms with Gasteiger partial charge in [-0.15, -0.1) is 0 Å². The summed E-state index contributed by atoms with van der Waals surface area (Å²) < 4.78 is 11.5. The average Bonchev–Trinajstić information content (AvgIpc) is 2.58. The monoisotopic (exact) mass is 348 g/mol. The molecule has 0 bridgehead atoms. The molecule has 1 aromatic carbocycles. The largest absolute Gasteiger partial charge is 0.491 e. The molecule has 1 N–H and O–H groups in total. The molecule has 0 saturated heterocycles. The van der Waals surface area contributed by atoms with E-state index in [4.69, 9.17) is 9.47 Å². The van der Waals surface area contributed by atoms with Gasteiger partial charge in [0.2, 0.25) is 0 Å². The molecule has 0 aromatic heterocycles. The molecular formula is C20H32N2O3. The number of hydrogen-bond acceptors (Lipinski definition) is 4. The van der Waals surface area contributed by atoms with Gasteiger partial charge in [-0.1, -0.05) is 31.9 Å². The van der Waals surface area contributed by atoms with E-state index in [1.165, 1.54) is 6.42 Å². The second kappa shape index (κ2) is 10.3. The van der Waals surface area contributed by atoms with Crippen LogP contribution in [0.1, 0.15) is 45.4 Å². The summed E-state index contributed by atoms with van der Waals surface area (Å²) in [5.74, 6) is 1.10. The van der Waals surface area contributed by atoms with Crippen LogP contribution in [0, 0.1) is 5.92 Å². The summed E-state index contributed by atoms with van der Waals surface area (Å²) in [6.45, 7) is 3.73. The van der Waals surface area contributed by atoms with Gasteiger partial charge in [-0.25, -0.2) is 4.79 Å². The molecule has 1 saturated carbocycles. The number of nitrogens with zero attached hydrogens (tertiary/aromatic N) is 1. The summed E-state index contributed by atoms with van der Waals surface area (Å²) in [7, 11) is 4.13. The van der Waals surface area contributed by atoms with Crippen molar-refractivity contribution in [2.24, 2.45) is 5.92 Å². The molecular weight excluding hydrogens is 316 g/mol. The lowest BCUT2D eigenvalue weighted by Crippen LogP contribution is -2.37. The van der Waals surface area contributed by atoms with Crippen LogP contribution in [0.15, 0.2) is 24.3 Å². The van der Waals surface area contributed by atoms with Gasteiger partial charge in [-0.2, -0.15) is 0 Å². The number of nitrogens with one attached hydrogen (secondary N) is 1. The highest BCUT2D eigenvalue weighted by Gasteiger charge is 2.28. The number of hydrogen-bond donors (Lipinski definition) is 1. The summed E-state index contributed by atoms with van der Waals surface area (Å²) in [5.41, 5.74) is 0.670. The summed E-state index contributed by atoms with van der Waals surface area (Å²) in [6.07, 6.45) is 6.08. The number of ether oxygens (including phenoxy) is 2. The van der Waals surface area contributed by atoms with Gasteiger partial charge in [0, 0.05) is 12.5 Å². The Morgan fingerprint density at radius 1 is 1.24 bits per heavy atom. The second-order valence-electron chi connectivity index (χ2n) is 7.07. The molecule has 1 fully saturated rings. The van der Waals surface area contributed by atoms with Gasteiger partial charge >= 0.3 is 6.09 Å². The summed E-state index contributed by atoms with van der Waals surface area (Å²) in [6, 6.07) is 7.52. The third-order valence-electron chi connectivity index (χ3n) is 4.58. The average molecular weight is 348 g/mol. The van der Waals surface area contributed by atoms with Crippen molar-refractivity contribution in [3.8, 4) is 5.75 Å². The lowest BCUT2D eigenvalue weighted by molar-refractivity contribution is 0.0357. The number of amides is 1. The van der Waals surface area contributed by atoms with Gasteiger partial charge in [0.05, 0.1) is 12.3 Å². The molecule has 0 aliphatic heterocycles. The Bertz CT molecular complexity index is 533. The van der Waals surface area contributed by atoms with Crippen LogP contribution in [0.5, 0.6) is 5.75 Å². The normalized spacial score (nSPS) is 20.3. The summed E-state index contributed by atoms with van der Waals surface area (Å²) in [4.78, 5) is 14.6. The first-order valence-electron chi connectivity index (χ1n) is 9.44. The van der Waals surface area contributed by atoms with Crippen molar-refractivity contribution < 1.29 is 14.3 Å². The van der Waals surface area contributed by atoms with E-state index in [0.29, 0.717) is 24.0 Å². The third kappa shape index (κ3) is 6.58. The van der Waals surface area contributed by atoms with Gasteiger partial charge in [-0.05, 0) is 51.9 Å². The zero-order valence-electron chi connectivity index (χ0n) is 15.8. The number of rotatable bonds is 8. The molecule has 0 radical (unpaired) electrons. The Morgan fingerprint density at radius 3 is 2.76 bits per heavy atom. The Morgan fingerprint density at radius 2 is 2.00 bits per heavy atom. The molecule has 0 heterocycles. The lowest BCUT2D eigenvalue weighted by Gasteiger charge is -2.32. The number of anilines is 1. The van der Waals surface area contributed by atoms with Crippen molar-refractivity contribution in [1.82, 2.24) is 4.90 Å². The van der Waals surface area contributed by atoms with Gasteiger partial charge in [0.1, 0.15) is 11.9 Å².